The minimum Gasteiger partial charge on any atom is -0.481 e. The van der Waals surface area contributed by atoms with Crippen LogP contribution in [0.1, 0.15) is 133 Å². The maximum absolute atomic E-state index is 15.4. The first kappa shape index (κ1) is 53.4. The van der Waals surface area contributed by atoms with Gasteiger partial charge in [-0.2, -0.15) is 0 Å². The van der Waals surface area contributed by atoms with Crippen LogP contribution in [-0.2, 0) is 4.79 Å². The van der Waals surface area contributed by atoms with Gasteiger partial charge in [-0.15, -0.1) is 0 Å². The lowest BCUT2D eigenvalue weighted by molar-refractivity contribution is -0.136. The Morgan fingerprint density at radius 2 is 0.987 bits per heavy atom. The van der Waals surface area contributed by atoms with Crippen LogP contribution in [0.3, 0.4) is 0 Å². The van der Waals surface area contributed by atoms with Crippen molar-refractivity contribution in [3.63, 3.8) is 0 Å². The Kier molecular flexibility index (Phi) is 15.0. The number of aliphatic carboxylic acids is 1. The Morgan fingerprint density at radius 3 is 1.39 bits per heavy atom. The van der Waals surface area contributed by atoms with Crippen molar-refractivity contribution in [3.8, 4) is 23.7 Å². The van der Waals surface area contributed by atoms with Crippen LogP contribution in [0.2, 0.25) is 0 Å². The molecule has 378 valence electrons. The Labute approximate surface area is 435 Å². The molecule has 5 aromatic rings. The SMILES string of the molecule is CC1=CC(C)=N/C1=C(/c1ccc(C#CC2=C(C)/C(=C(\CCC(=O)O)c3c(C)c(C#Cc4ccc(/C(=C5/N=C(C)C=C5C)c5c(C)cc(C)n5B(F)F)cc4)c(C)n3B(F)F)N=C2C)cc1)c1c(C)cc(C)n1B(F)F. The van der Waals surface area contributed by atoms with Gasteiger partial charge >= 0.3 is 28.2 Å². The van der Waals surface area contributed by atoms with E-state index < -0.39 is 28.2 Å². The number of benzene rings is 2. The van der Waals surface area contributed by atoms with Crippen LogP contribution in [0.15, 0.2) is 127 Å². The number of carboxylic acids is 1. The molecule has 0 aliphatic carbocycles. The van der Waals surface area contributed by atoms with E-state index in [4.69, 9.17) is 15.0 Å². The number of nitrogens with zero attached hydrogens (tertiary/aromatic N) is 6. The monoisotopic (exact) mass is 1010 g/mol. The third-order valence-corrected chi connectivity index (χ3v) is 13.8. The Morgan fingerprint density at radius 1 is 0.547 bits per heavy atom. The molecule has 0 bridgehead atoms. The molecular formula is C58H53B3F6N6O2. The number of rotatable bonds is 11. The molecular weight excluding hydrogens is 959 g/mol. The van der Waals surface area contributed by atoms with E-state index in [2.05, 4.69) is 23.7 Å². The van der Waals surface area contributed by atoms with Crippen LogP contribution in [0, 0.1) is 65.2 Å². The molecule has 3 aliphatic heterocycles. The summed E-state index contributed by atoms with van der Waals surface area (Å²) in [6.07, 6.45) is 3.33. The summed E-state index contributed by atoms with van der Waals surface area (Å²) in [7, 11) is -8.59. The summed E-state index contributed by atoms with van der Waals surface area (Å²) >= 11 is 0. The van der Waals surface area contributed by atoms with Crippen LogP contribution < -0.4 is 0 Å². The van der Waals surface area contributed by atoms with E-state index in [1.807, 2.05) is 52.0 Å². The number of aromatic nitrogens is 3. The van der Waals surface area contributed by atoms with Crippen LogP contribution >= 0.6 is 0 Å². The molecule has 0 amide bonds. The van der Waals surface area contributed by atoms with E-state index in [0.717, 1.165) is 36.0 Å². The number of aliphatic imine (C=N–C) groups is 3. The number of carbonyl (C=O) groups is 1. The second kappa shape index (κ2) is 21.1. The number of aryl methyl sites for hydroxylation is 4. The summed E-state index contributed by atoms with van der Waals surface area (Å²) in [4.78, 5) is 26.4. The van der Waals surface area contributed by atoms with Gasteiger partial charge in [-0.25, -0.2) is 0 Å². The second-order valence-electron chi connectivity index (χ2n) is 19.2. The van der Waals surface area contributed by atoms with Gasteiger partial charge in [0.25, 0.3) is 0 Å². The summed E-state index contributed by atoms with van der Waals surface area (Å²) in [5.41, 5.74) is 14.2. The molecule has 1 N–H and O–H groups in total. The zero-order chi connectivity index (χ0) is 54.5. The normalized spacial score (nSPS) is 16.2. The van der Waals surface area contributed by atoms with Crippen LogP contribution in [0.5, 0.6) is 0 Å². The molecule has 2 aromatic carbocycles. The van der Waals surface area contributed by atoms with Gasteiger partial charge in [0.15, 0.2) is 0 Å². The smallest absolute Gasteiger partial charge is 0.481 e. The molecule has 0 spiro atoms. The summed E-state index contributed by atoms with van der Waals surface area (Å²) in [6.45, 7) is 21.1. The minimum atomic E-state index is -3.02. The number of halogens is 6. The Bertz CT molecular complexity index is 3680. The molecule has 8 rings (SSSR count). The molecule has 0 saturated heterocycles. The summed E-state index contributed by atoms with van der Waals surface area (Å²) in [6, 6.07) is 17.8. The van der Waals surface area contributed by atoms with E-state index in [1.54, 1.807) is 104 Å². The standard InChI is InChI=1S/C58H53B3F6N6O2/c1-31-27-35(5)68-53(31)51(56-33(3)29-37(7)71(56)59(62)63)45-19-13-43(14-20-45)17-23-47-39(9)55(70-41(47)11)49(25-26-50(74)75)58-40(10)48(42(12)73(58)61(66)67)24-18-44-15-21-46(22-16-44)52(54-32(2)28-36(6)69-54)57-34(4)30-38(8)72(57)60(64)65/h13-16,19-22,27-30H,25-26H2,1-12H3,(H,74,75)/b53-51-,54-52-,55-49-. The fourth-order valence-electron chi connectivity index (χ4n) is 10.5. The average molecular weight is 1010 g/mol. The number of carboxylic acid groups (broad SMARTS) is 1. The van der Waals surface area contributed by atoms with Gasteiger partial charge in [-0.3, -0.25) is 45.7 Å². The van der Waals surface area contributed by atoms with Crippen molar-refractivity contribution in [1.82, 2.24) is 13.4 Å². The molecule has 0 saturated carbocycles. The van der Waals surface area contributed by atoms with Gasteiger partial charge in [-0.05, 0) is 183 Å². The number of allylic oxidation sites excluding steroid dienone is 7. The number of hydrogen-bond donors (Lipinski definition) is 1. The van der Waals surface area contributed by atoms with Gasteiger partial charge in [0, 0.05) is 85.4 Å². The van der Waals surface area contributed by atoms with Crippen molar-refractivity contribution >= 4 is 62.0 Å². The lowest BCUT2D eigenvalue weighted by Gasteiger charge is -2.16. The van der Waals surface area contributed by atoms with E-state index in [-0.39, 0.29) is 24.2 Å². The largest absolute Gasteiger partial charge is 0.677 e. The molecule has 6 heterocycles. The van der Waals surface area contributed by atoms with Crippen LogP contribution in [0.4, 0.5) is 25.9 Å². The summed E-state index contributed by atoms with van der Waals surface area (Å²) in [5.74, 6) is 11.5. The quantitative estimate of drug-likeness (QED) is 0.0811. The van der Waals surface area contributed by atoms with Gasteiger partial charge < -0.3 is 18.5 Å². The third kappa shape index (κ3) is 10.2. The zero-order valence-corrected chi connectivity index (χ0v) is 43.9. The van der Waals surface area contributed by atoms with Crippen molar-refractivity contribution in [2.45, 2.75) is 95.9 Å². The molecule has 8 nitrogen and oxygen atoms in total. The highest BCUT2D eigenvalue weighted by Gasteiger charge is 2.34. The van der Waals surface area contributed by atoms with Crippen LogP contribution in [-0.4, -0.2) is 63.9 Å². The van der Waals surface area contributed by atoms with Gasteiger partial charge in [0.05, 0.1) is 28.4 Å². The molecule has 3 aromatic heterocycles. The van der Waals surface area contributed by atoms with Crippen molar-refractivity contribution in [2.75, 3.05) is 0 Å². The molecule has 0 atom stereocenters. The second-order valence-corrected chi connectivity index (χ2v) is 19.2. The highest BCUT2D eigenvalue weighted by molar-refractivity contribution is 6.42. The molecule has 75 heavy (non-hydrogen) atoms. The maximum atomic E-state index is 15.4. The predicted octanol–water partition coefficient (Wildman–Crippen LogP) is 13.4. The molecule has 17 heteroatoms. The van der Waals surface area contributed by atoms with Crippen LogP contribution in [0.25, 0.3) is 16.7 Å². The van der Waals surface area contributed by atoms with Crippen molar-refractivity contribution in [3.05, 3.63) is 191 Å². The molecule has 0 fully saturated rings. The fourth-order valence-corrected chi connectivity index (χ4v) is 10.5. The molecule has 0 radical (unpaired) electrons. The van der Waals surface area contributed by atoms with Gasteiger partial charge in [-0.1, -0.05) is 47.9 Å². The van der Waals surface area contributed by atoms with Crippen molar-refractivity contribution in [2.24, 2.45) is 15.0 Å². The molecule has 0 unspecified atom stereocenters. The van der Waals surface area contributed by atoms with E-state index in [0.29, 0.717) is 118 Å². The first-order chi connectivity index (χ1) is 35.5. The topological polar surface area (TPSA) is 89.2 Å². The van der Waals surface area contributed by atoms with Crippen molar-refractivity contribution in [1.29, 1.82) is 0 Å². The highest BCUT2D eigenvalue weighted by Crippen LogP contribution is 2.41. The zero-order valence-electron chi connectivity index (χ0n) is 43.9. The maximum Gasteiger partial charge on any atom is 0.677 e. The van der Waals surface area contributed by atoms with Gasteiger partial charge in [0.1, 0.15) is 0 Å². The summed E-state index contributed by atoms with van der Waals surface area (Å²) in [5, 5.41) is 9.90. The lowest BCUT2D eigenvalue weighted by atomic mass is 9.93. The van der Waals surface area contributed by atoms with Gasteiger partial charge in [0.2, 0.25) is 0 Å². The lowest BCUT2D eigenvalue weighted by Crippen LogP contribution is -2.18. The predicted molar refractivity (Wildman–Crippen MR) is 293 cm³/mol. The first-order valence-electron chi connectivity index (χ1n) is 24.4. The van der Waals surface area contributed by atoms with E-state index >= 15 is 8.63 Å². The number of hydrogen-bond acceptors (Lipinski definition) is 4. The van der Waals surface area contributed by atoms with E-state index in [1.165, 1.54) is 0 Å². The molecule has 3 aliphatic rings. The Balaban J connectivity index is 1.17. The first-order valence-corrected chi connectivity index (χ1v) is 24.4. The minimum absolute atomic E-state index is 0.110. The fraction of sp³-hybridized carbons (Fsp3) is 0.241. The third-order valence-electron chi connectivity index (χ3n) is 13.8. The van der Waals surface area contributed by atoms with Crippen molar-refractivity contribution < 1.29 is 35.8 Å². The summed E-state index contributed by atoms with van der Waals surface area (Å²) < 4.78 is 91.9. The van der Waals surface area contributed by atoms with E-state index in [9.17, 15) is 27.2 Å². The Hall–Kier alpha value is -7.91. The average Bonchev–Trinajstić information content (AvgIpc) is 4.14. The highest BCUT2D eigenvalue weighted by atomic mass is 19.2.